The summed E-state index contributed by atoms with van der Waals surface area (Å²) >= 11 is 1.82. The Morgan fingerprint density at radius 3 is 2.29 bits per heavy atom. The lowest BCUT2D eigenvalue weighted by molar-refractivity contribution is 0.268. The predicted octanol–water partition coefficient (Wildman–Crippen LogP) is 14.6. The molecular formula is C58H42N2OS. The Morgan fingerprint density at radius 2 is 1.42 bits per heavy atom. The van der Waals surface area contributed by atoms with Crippen LogP contribution < -0.4 is 4.74 Å². The third-order valence-electron chi connectivity index (χ3n) is 13.9. The van der Waals surface area contributed by atoms with Crippen LogP contribution in [-0.2, 0) is 6.42 Å². The van der Waals surface area contributed by atoms with Crippen LogP contribution in [0.1, 0.15) is 64.4 Å². The molecule has 13 rings (SSSR count). The van der Waals surface area contributed by atoms with Crippen LogP contribution in [0.3, 0.4) is 0 Å². The number of thiophene rings is 1. The van der Waals surface area contributed by atoms with E-state index in [4.69, 9.17) is 14.7 Å². The SMILES string of the molecule is C1=CCC(C2=CCC(c3nc(C4=CC=CC5Oc6c(C7Cc8c(cc(-c9ccccc9)c9ccccc89)-c8ccccc87)cccc6C45)nc4c3sc3ccccc34)C=C2)C=C1. The van der Waals surface area contributed by atoms with Crippen molar-refractivity contribution >= 4 is 48.0 Å². The van der Waals surface area contributed by atoms with Crippen LogP contribution in [0.2, 0.25) is 0 Å². The number of ether oxygens (including phenoxy) is 1. The molecular weight excluding hydrogens is 773 g/mol. The molecule has 4 heteroatoms. The zero-order valence-electron chi connectivity index (χ0n) is 34.1. The number of hydrogen-bond acceptors (Lipinski definition) is 4. The fraction of sp³-hybridized carbons (Fsp3) is 0.138. The van der Waals surface area contributed by atoms with Crippen molar-refractivity contribution in [1.82, 2.24) is 9.97 Å². The van der Waals surface area contributed by atoms with Crippen LogP contribution in [0.15, 0.2) is 194 Å². The van der Waals surface area contributed by atoms with Crippen molar-refractivity contribution in [3.63, 3.8) is 0 Å². The van der Waals surface area contributed by atoms with E-state index in [-0.39, 0.29) is 23.9 Å². The summed E-state index contributed by atoms with van der Waals surface area (Å²) in [4.78, 5) is 11.0. The van der Waals surface area contributed by atoms with Gasteiger partial charge in [-0.1, -0.05) is 170 Å². The van der Waals surface area contributed by atoms with E-state index in [9.17, 15) is 0 Å². The second kappa shape index (κ2) is 14.4. The van der Waals surface area contributed by atoms with E-state index >= 15 is 0 Å². The van der Waals surface area contributed by atoms with Gasteiger partial charge in [0.05, 0.1) is 21.8 Å². The summed E-state index contributed by atoms with van der Waals surface area (Å²) in [5.74, 6) is 2.53. The second-order valence-corrected chi connectivity index (χ2v) is 18.4. The number of rotatable bonds is 5. The lowest BCUT2D eigenvalue weighted by Crippen LogP contribution is -2.21. The van der Waals surface area contributed by atoms with Gasteiger partial charge in [-0.2, -0.15) is 0 Å². The summed E-state index contributed by atoms with van der Waals surface area (Å²) in [6.45, 7) is 0. The van der Waals surface area contributed by atoms with Crippen LogP contribution in [0.4, 0.5) is 0 Å². The van der Waals surface area contributed by atoms with Crippen LogP contribution >= 0.6 is 11.3 Å². The summed E-state index contributed by atoms with van der Waals surface area (Å²) in [7, 11) is 0. The quantitative estimate of drug-likeness (QED) is 0.174. The molecule has 2 aromatic heterocycles. The van der Waals surface area contributed by atoms with E-state index in [2.05, 4.69) is 188 Å². The molecule has 296 valence electrons. The van der Waals surface area contributed by atoms with Gasteiger partial charge in [-0.3, -0.25) is 0 Å². The zero-order valence-corrected chi connectivity index (χ0v) is 34.9. The van der Waals surface area contributed by atoms with E-state index in [0.717, 1.165) is 47.6 Å². The van der Waals surface area contributed by atoms with Gasteiger partial charge in [-0.15, -0.1) is 11.3 Å². The zero-order chi connectivity index (χ0) is 40.7. The van der Waals surface area contributed by atoms with Crippen molar-refractivity contribution in [3.8, 4) is 28.0 Å². The Hall–Kier alpha value is -6.88. The number of aromatic nitrogens is 2. The lowest BCUT2D eigenvalue weighted by atomic mass is 9.72. The molecule has 5 unspecified atom stereocenters. The highest BCUT2D eigenvalue weighted by molar-refractivity contribution is 7.25. The van der Waals surface area contributed by atoms with E-state index in [0.29, 0.717) is 5.92 Å². The molecule has 0 amide bonds. The molecule has 0 N–H and O–H groups in total. The Labute approximate surface area is 365 Å². The first-order chi connectivity index (χ1) is 30.7. The normalized spacial score (nSPS) is 21.9. The monoisotopic (exact) mass is 814 g/mol. The smallest absolute Gasteiger partial charge is 0.156 e. The van der Waals surface area contributed by atoms with Gasteiger partial charge < -0.3 is 4.74 Å². The second-order valence-electron chi connectivity index (χ2n) is 17.3. The Morgan fingerprint density at radius 1 is 0.613 bits per heavy atom. The summed E-state index contributed by atoms with van der Waals surface area (Å²) in [6, 6.07) is 46.8. The Bertz CT molecular complexity index is 3340. The van der Waals surface area contributed by atoms with Crippen LogP contribution in [-0.4, -0.2) is 16.1 Å². The number of hydrogen-bond donors (Lipinski definition) is 0. The van der Waals surface area contributed by atoms with E-state index in [1.807, 2.05) is 11.3 Å². The minimum absolute atomic E-state index is 0.0231. The van der Waals surface area contributed by atoms with E-state index < -0.39 is 0 Å². The standard InChI is InChI=1S/C58H42N2OS/c1-3-15-35(16-4-1)36-29-31-38(32-30-36)54-57-55(44-23-11-12-28-52(44)62-57)60-58(59-54)46-26-14-27-51-53(46)45-25-13-24-43(56(45)61-51)48-34-50-40-20-8-7-19-39(40)47(37-17-5-2-6-18-37)33-49(50)42-22-10-9-21-41(42)48/h1-15,17-31,33,35,38,48,51,53H,16,32,34H2. The molecule has 62 heavy (non-hydrogen) atoms. The van der Waals surface area contributed by atoms with Crippen molar-refractivity contribution < 1.29 is 4.74 Å². The molecule has 8 aromatic rings. The fourth-order valence-electron chi connectivity index (χ4n) is 11.0. The minimum Gasteiger partial charge on any atom is -0.485 e. The predicted molar refractivity (Wildman–Crippen MR) is 257 cm³/mol. The van der Waals surface area contributed by atoms with Gasteiger partial charge in [0.1, 0.15) is 11.9 Å². The van der Waals surface area contributed by atoms with Gasteiger partial charge in [0.2, 0.25) is 0 Å². The third-order valence-corrected chi connectivity index (χ3v) is 15.1. The molecule has 0 radical (unpaired) electrons. The van der Waals surface area contributed by atoms with Gasteiger partial charge in [0, 0.05) is 44.5 Å². The summed E-state index contributed by atoms with van der Waals surface area (Å²) in [5.41, 5.74) is 15.1. The number of fused-ring (bicyclic) bond motifs is 11. The summed E-state index contributed by atoms with van der Waals surface area (Å²) < 4.78 is 9.60. The first-order valence-electron chi connectivity index (χ1n) is 22.0. The van der Waals surface area contributed by atoms with Gasteiger partial charge in [-0.25, -0.2) is 9.97 Å². The molecule has 0 saturated heterocycles. The molecule has 3 heterocycles. The Balaban J connectivity index is 0.914. The number of benzene rings is 6. The largest absolute Gasteiger partial charge is 0.485 e. The molecule has 5 aliphatic rings. The fourth-order valence-corrected chi connectivity index (χ4v) is 12.2. The van der Waals surface area contributed by atoms with Crippen molar-refractivity contribution in [2.45, 2.75) is 43.1 Å². The molecule has 4 aliphatic carbocycles. The topological polar surface area (TPSA) is 35.0 Å². The van der Waals surface area contributed by atoms with Crippen molar-refractivity contribution in [1.29, 1.82) is 0 Å². The molecule has 1 aliphatic heterocycles. The average molecular weight is 815 g/mol. The Kier molecular flexibility index (Phi) is 8.30. The van der Waals surface area contributed by atoms with E-state index in [1.54, 1.807) is 0 Å². The molecule has 0 bridgehead atoms. The lowest BCUT2D eigenvalue weighted by Gasteiger charge is -2.31. The van der Waals surface area contributed by atoms with Gasteiger partial charge >= 0.3 is 0 Å². The first-order valence-corrected chi connectivity index (χ1v) is 22.8. The maximum atomic E-state index is 7.16. The average Bonchev–Trinajstić information content (AvgIpc) is 3.93. The highest BCUT2D eigenvalue weighted by Crippen LogP contribution is 2.55. The molecule has 6 aromatic carbocycles. The molecule has 0 spiro atoms. The number of allylic oxidation sites excluding steroid dienone is 10. The maximum absolute atomic E-state index is 7.16. The van der Waals surface area contributed by atoms with Gasteiger partial charge in [-0.05, 0) is 87.2 Å². The van der Waals surface area contributed by atoms with Gasteiger partial charge in [0.25, 0.3) is 0 Å². The molecule has 5 atom stereocenters. The van der Waals surface area contributed by atoms with Crippen molar-refractivity contribution in [2.75, 3.05) is 0 Å². The van der Waals surface area contributed by atoms with Crippen LogP contribution in [0, 0.1) is 5.92 Å². The molecule has 0 fully saturated rings. The molecule has 3 nitrogen and oxygen atoms in total. The number of nitrogens with zero attached hydrogens (tertiary/aromatic N) is 2. The van der Waals surface area contributed by atoms with Gasteiger partial charge in [0.15, 0.2) is 5.82 Å². The van der Waals surface area contributed by atoms with Crippen molar-refractivity contribution in [2.24, 2.45) is 5.92 Å². The highest BCUT2D eigenvalue weighted by Gasteiger charge is 2.42. The maximum Gasteiger partial charge on any atom is 0.156 e. The van der Waals surface area contributed by atoms with E-state index in [1.165, 1.54) is 75.6 Å². The summed E-state index contributed by atoms with van der Waals surface area (Å²) in [6.07, 6.45) is 25.4. The van der Waals surface area contributed by atoms with Crippen LogP contribution in [0.25, 0.3) is 58.9 Å². The summed E-state index contributed by atoms with van der Waals surface area (Å²) in [5, 5.41) is 3.82. The van der Waals surface area contributed by atoms with Crippen molar-refractivity contribution in [3.05, 3.63) is 227 Å². The third kappa shape index (κ3) is 5.63. The molecule has 0 saturated carbocycles. The highest BCUT2D eigenvalue weighted by atomic mass is 32.1. The van der Waals surface area contributed by atoms with Crippen LogP contribution in [0.5, 0.6) is 5.75 Å². The first kappa shape index (κ1) is 35.8. The minimum atomic E-state index is -0.147. The number of para-hydroxylation sites is 1.